The van der Waals surface area contributed by atoms with E-state index in [2.05, 4.69) is 43.3 Å². The monoisotopic (exact) mass is 367 g/mol. The second kappa shape index (κ2) is 8.45. The summed E-state index contributed by atoms with van der Waals surface area (Å²) in [5, 5.41) is 2.95. The number of para-hydroxylation sites is 1. The fraction of sp³-hybridized carbons (Fsp3) is 0.450. The van der Waals surface area contributed by atoms with Crippen LogP contribution in [0.5, 0.6) is 0 Å². The van der Waals surface area contributed by atoms with Crippen LogP contribution in [0.25, 0.3) is 0 Å². The van der Waals surface area contributed by atoms with Crippen LogP contribution in [0.1, 0.15) is 22.3 Å². The molecule has 4 rings (SSSR count). The van der Waals surface area contributed by atoms with Crippen molar-refractivity contribution in [2.24, 2.45) is 0 Å². The number of hydrogen-bond donors (Lipinski definition) is 1. The van der Waals surface area contributed by atoms with Crippen molar-refractivity contribution in [1.29, 1.82) is 0 Å². The van der Waals surface area contributed by atoms with Crippen molar-refractivity contribution in [3.8, 4) is 0 Å². The number of carbonyl (C=O) groups is 1. The predicted octanol–water partition coefficient (Wildman–Crippen LogP) is 1.62. The molecule has 1 fully saturated rings. The number of morpholine rings is 1. The van der Waals surface area contributed by atoms with Gasteiger partial charge in [0, 0.05) is 50.8 Å². The number of amides is 1. The third-order valence-corrected chi connectivity index (χ3v) is 5.07. The number of carbonyl (C=O) groups excluding carboxylic acids is 1. The van der Waals surface area contributed by atoms with Gasteiger partial charge < -0.3 is 15.0 Å². The van der Waals surface area contributed by atoms with E-state index in [0.717, 1.165) is 57.9 Å². The molecule has 3 heterocycles. The van der Waals surface area contributed by atoms with E-state index >= 15 is 0 Å². The molecule has 0 unspecified atom stereocenters. The number of rotatable bonds is 5. The van der Waals surface area contributed by atoms with Gasteiger partial charge in [0.2, 0.25) is 5.95 Å². The highest BCUT2D eigenvalue weighted by Gasteiger charge is 2.20. The smallest absolute Gasteiger partial charge is 0.254 e. The first-order valence-corrected chi connectivity index (χ1v) is 9.57. The number of hydrogen-bond acceptors (Lipinski definition) is 6. The Morgan fingerprint density at radius 1 is 1.11 bits per heavy atom. The molecule has 1 aromatic heterocycles. The Hall–Kier alpha value is -2.51. The van der Waals surface area contributed by atoms with E-state index in [1.54, 1.807) is 12.4 Å². The zero-order chi connectivity index (χ0) is 18.5. The lowest BCUT2D eigenvalue weighted by Crippen LogP contribution is -2.41. The standard InChI is InChI=1S/C20H25N5O2/c26-19(21-7-9-24-10-12-27-13-11-24)17-14-22-20(23-15-17)25-8-3-5-16-4-1-2-6-18(16)25/h1-2,4,6,14-15H,3,5,7-13H2,(H,21,26). The molecule has 2 aliphatic heterocycles. The zero-order valence-corrected chi connectivity index (χ0v) is 15.4. The predicted molar refractivity (Wildman–Crippen MR) is 103 cm³/mol. The van der Waals surface area contributed by atoms with E-state index in [-0.39, 0.29) is 5.91 Å². The molecule has 7 heteroatoms. The molecule has 1 saturated heterocycles. The summed E-state index contributed by atoms with van der Waals surface area (Å²) < 4.78 is 5.33. The Morgan fingerprint density at radius 2 is 1.89 bits per heavy atom. The van der Waals surface area contributed by atoms with Crippen LogP contribution in [0, 0.1) is 0 Å². The molecule has 0 bridgehead atoms. The molecule has 0 atom stereocenters. The summed E-state index contributed by atoms with van der Waals surface area (Å²) in [5.41, 5.74) is 2.97. The lowest BCUT2D eigenvalue weighted by atomic mass is 10.0. The van der Waals surface area contributed by atoms with Crippen molar-refractivity contribution in [3.05, 3.63) is 47.8 Å². The van der Waals surface area contributed by atoms with Gasteiger partial charge in [-0.1, -0.05) is 18.2 Å². The summed E-state index contributed by atoms with van der Waals surface area (Å²) in [7, 11) is 0. The van der Waals surface area contributed by atoms with Gasteiger partial charge in [0.05, 0.1) is 18.8 Å². The first-order valence-electron chi connectivity index (χ1n) is 9.57. The zero-order valence-electron chi connectivity index (χ0n) is 15.4. The number of aromatic nitrogens is 2. The van der Waals surface area contributed by atoms with E-state index in [1.807, 2.05) is 6.07 Å². The van der Waals surface area contributed by atoms with E-state index in [1.165, 1.54) is 5.56 Å². The number of nitrogens with one attached hydrogen (secondary N) is 1. The van der Waals surface area contributed by atoms with Crippen molar-refractivity contribution in [2.75, 3.05) is 50.8 Å². The molecular formula is C20H25N5O2. The number of benzene rings is 1. The Kier molecular flexibility index (Phi) is 5.60. The van der Waals surface area contributed by atoms with E-state index in [0.29, 0.717) is 18.1 Å². The molecule has 1 aromatic carbocycles. The quantitative estimate of drug-likeness (QED) is 0.866. The normalized spacial score (nSPS) is 17.4. The van der Waals surface area contributed by atoms with Gasteiger partial charge in [-0.05, 0) is 24.5 Å². The summed E-state index contributed by atoms with van der Waals surface area (Å²) >= 11 is 0. The fourth-order valence-electron chi connectivity index (χ4n) is 3.57. The second-order valence-electron chi connectivity index (χ2n) is 6.87. The molecule has 0 spiro atoms. The van der Waals surface area contributed by atoms with Crippen LogP contribution in [0.15, 0.2) is 36.7 Å². The van der Waals surface area contributed by atoms with Gasteiger partial charge in [0.1, 0.15) is 0 Å². The van der Waals surface area contributed by atoms with E-state index in [4.69, 9.17) is 4.74 Å². The van der Waals surface area contributed by atoms with Crippen LogP contribution in [0.3, 0.4) is 0 Å². The van der Waals surface area contributed by atoms with Crippen LogP contribution in [-0.2, 0) is 11.2 Å². The molecule has 0 saturated carbocycles. The summed E-state index contributed by atoms with van der Waals surface area (Å²) in [5.74, 6) is 0.515. The molecule has 0 radical (unpaired) electrons. The Morgan fingerprint density at radius 3 is 2.70 bits per heavy atom. The third-order valence-electron chi connectivity index (χ3n) is 5.07. The molecule has 0 aliphatic carbocycles. The third kappa shape index (κ3) is 4.26. The Labute approximate surface area is 159 Å². The summed E-state index contributed by atoms with van der Waals surface area (Å²) in [6.45, 7) is 5.71. The maximum Gasteiger partial charge on any atom is 0.254 e. The lowest BCUT2D eigenvalue weighted by molar-refractivity contribution is 0.0383. The lowest BCUT2D eigenvalue weighted by Gasteiger charge is -2.29. The topological polar surface area (TPSA) is 70.6 Å². The van der Waals surface area contributed by atoms with Gasteiger partial charge in [-0.3, -0.25) is 9.69 Å². The summed E-state index contributed by atoms with van der Waals surface area (Å²) in [6.07, 6.45) is 5.38. The minimum atomic E-state index is -0.131. The van der Waals surface area contributed by atoms with Crippen LogP contribution >= 0.6 is 0 Å². The van der Waals surface area contributed by atoms with Gasteiger partial charge in [-0.2, -0.15) is 0 Å². The van der Waals surface area contributed by atoms with Crippen molar-refractivity contribution >= 4 is 17.5 Å². The average Bonchev–Trinajstić information content (AvgIpc) is 2.74. The van der Waals surface area contributed by atoms with Gasteiger partial charge in [-0.15, -0.1) is 0 Å². The molecule has 27 heavy (non-hydrogen) atoms. The van der Waals surface area contributed by atoms with Crippen LogP contribution in [-0.4, -0.2) is 66.7 Å². The van der Waals surface area contributed by atoms with Crippen LogP contribution in [0.2, 0.25) is 0 Å². The van der Waals surface area contributed by atoms with Crippen molar-refractivity contribution in [3.63, 3.8) is 0 Å². The average molecular weight is 367 g/mol. The first-order chi connectivity index (χ1) is 13.3. The van der Waals surface area contributed by atoms with Crippen molar-refractivity contribution in [1.82, 2.24) is 20.2 Å². The van der Waals surface area contributed by atoms with Crippen molar-refractivity contribution in [2.45, 2.75) is 12.8 Å². The SMILES string of the molecule is O=C(NCCN1CCOCC1)c1cnc(N2CCCc3ccccc32)nc1. The number of anilines is 2. The van der Waals surface area contributed by atoms with E-state index < -0.39 is 0 Å². The molecule has 1 N–H and O–H groups in total. The first kappa shape index (κ1) is 17.9. The van der Waals surface area contributed by atoms with E-state index in [9.17, 15) is 4.79 Å². The number of aryl methyl sites for hydroxylation is 1. The Balaban J connectivity index is 1.35. The molecule has 2 aliphatic rings. The van der Waals surface area contributed by atoms with Gasteiger partial charge in [-0.25, -0.2) is 9.97 Å². The maximum absolute atomic E-state index is 12.3. The highest BCUT2D eigenvalue weighted by Crippen LogP contribution is 2.30. The highest BCUT2D eigenvalue weighted by molar-refractivity contribution is 5.93. The maximum atomic E-state index is 12.3. The van der Waals surface area contributed by atoms with Gasteiger partial charge in [0.25, 0.3) is 5.91 Å². The molecule has 1 amide bonds. The number of nitrogens with zero attached hydrogens (tertiary/aromatic N) is 4. The Bertz CT molecular complexity index is 774. The molecular weight excluding hydrogens is 342 g/mol. The summed E-state index contributed by atoms with van der Waals surface area (Å²) in [6, 6.07) is 8.35. The van der Waals surface area contributed by atoms with Gasteiger partial charge >= 0.3 is 0 Å². The van der Waals surface area contributed by atoms with Crippen LogP contribution in [0.4, 0.5) is 11.6 Å². The second-order valence-corrected chi connectivity index (χ2v) is 6.87. The largest absolute Gasteiger partial charge is 0.379 e. The molecule has 2 aromatic rings. The minimum Gasteiger partial charge on any atom is -0.379 e. The highest BCUT2D eigenvalue weighted by atomic mass is 16.5. The molecule has 7 nitrogen and oxygen atoms in total. The van der Waals surface area contributed by atoms with Gasteiger partial charge in [0.15, 0.2) is 0 Å². The molecule has 142 valence electrons. The number of ether oxygens (including phenoxy) is 1. The van der Waals surface area contributed by atoms with Crippen molar-refractivity contribution < 1.29 is 9.53 Å². The minimum absolute atomic E-state index is 0.131. The fourth-order valence-corrected chi connectivity index (χ4v) is 3.57. The van der Waals surface area contributed by atoms with Crippen LogP contribution < -0.4 is 10.2 Å². The number of fused-ring (bicyclic) bond motifs is 1. The summed E-state index contributed by atoms with van der Waals surface area (Å²) in [4.78, 5) is 25.6.